The normalized spacial score (nSPS) is 23.1. The van der Waals surface area contributed by atoms with Crippen LogP contribution in [-0.2, 0) is 39.9 Å². The quantitative estimate of drug-likeness (QED) is 0.130. The molecule has 1 aromatic rings. The number of carbonyl (C=O) groups is 2. The minimum Gasteiger partial charge on any atom is -0.462 e. The first kappa shape index (κ1) is 35.3. The largest absolute Gasteiger partial charge is 0.462 e. The number of rotatable bonds is 12. The van der Waals surface area contributed by atoms with Crippen LogP contribution < -0.4 is 16.3 Å². The number of esters is 1. The standard InChI is InChI=1S/C22H33Cl2FN3O9PS2/c1-11(2)36-17(31)12(3)27-38(39,34-7-8-40-19(32)21(4,5)6)35-10-14-15(29)22(23,24)18(37-14)28-9-13(25)16(30)26-20(28)33/h9,11-12,14-15,18,29H,7-8,10H2,1-6H3,(H,27,39)(H,26,30,33)/t12-,14+,15+,18+,38?/m0/s1. The number of nitrogens with one attached hydrogen (secondary N) is 2. The van der Waals surface area contributed by atoms with Gasteiger partial charge >= 0.3 is 11.7 Å². The zero-order valence-electron chi connectivity index (χ0n) is 22.6. The molecule has 228 valence electrons. The molecule has 1 aliphatic heterocycles. The van der Waals surface area contributed by atoms with Gasteiger partial charge in [0.1, 0.15) is 18.2 Å². The summed E-state index contributed by atoms with van der Waals surface area (Å²) in [5.74, 6) is -1.69. The zero-order valence-corrected chi connectivity index (χ0v) is 26.7. The van der Waals surface area contributed by atoms with E-state index in [1.807, 2.05) is 0 Å². The summed E-state index contributed by atoms with van der Waals surface area (Å²) < 4.78 is 34.7. The smallest absolute Gasteiger partial charge is 0.330 e. The third kappa shape index (κ3) is 9.32. The van der Waals surface area contributed by atoms with Gasteiger partial charge in [0.2, 0.25) is 5.82 Å². The van der Waals surface area contributed by atoms with Crippen molar-refractivity contribution in [2.45, 2.75) is 76.5 Å². The number of carbonyl (C=O) groups excluding carboxylic acids is 2. The number of aliphatic hydroxyl groups excluding tert-OH is 1. The van der Waals surface area contributed by atoms with Gasteiger partial charge in [-0.2, -0.15) is 4.39 Å². The van der Waals surface area contributed by atoms with E-state index in [-0.39, 0.29) is 17.5 Å². The average Bonchev–Trinajstić information content (AvgIpc) is 3.05. The van der Waals surface area contributed by atoms with Gasteiger partial charge in [0, 0.05) is 11.2 Å². The Bertz CT molecular complexity index is 1240. The lowest BCUT2D eigenvalue weighted by molar-refractivity contribution is -0.149. The first-order valence-corrected chi connectivity index (χ1v) is 16.4. The minimum atomic E-state index is -3.51. The van der Waals surface area contributed by atoms with E-state index in [0.29, 0.717) is 10.8 Å². The SMILES string of the molecule is CC(C)OC(=O)[C@H](C)NP(=S)(OCCSC(=O)C(C)(C)C)OC[C@H]1O[C@@H](n2cc(F)c(=O)[nH]c2=O)C(Cl)(Cl)[C@@H]1O. The molecule has 0 amide bonds. The summed E-state index contributed by atoms with van der Waals surface area (Å²) in [4.78, 5) is 50.0. The summed E-state index contributed by atoms with van der Waals surface area (Å²) in [5, 5.41) is 13.5. The number of aliphatic hydroxyl groups is 1. The Morgan fingerprint density at radius 1 is 1.32 bits per heavy atom. The van der Waals surface area contributed by atoms with Crippen LogP contribution in [0.5, 0.6) is 0 Å². The number of alkyl halides is 2. The van der Waals surface area contributed by atoms with Crippen molar-refractivity contribution in [2.75, 3.05) is 19.0 Å². The number of ether oxygens (including phenoxy) is 2. The summed E-state index contributed by atoms with van der Waals surface area (Å²) in [7, 11) is 0. The van der Waals surface area contributed by atoms with Crippen molar-refractivity contribution in [2.24, 2.45) is 5.41 Å². The molecule has 1 unspecified atom stereocenters. The number of halogens is 3. The van der Waals surface area contributed by atoms with Crippen LogP contribution in [0.3, 0.4) is 0 Å². The van der Waals surface area contributed by atoms with Crippen LogP contribution in [0.1, 0.15) is 47.8 Å². The van der Waals surface area contributed by atoms with Gasteiger partial charge in [-0.25, -0.2) is 9.88 Å². The Morgan fingerprint density at radius 2 is 1.95 bits per heavy atom. The molecule has 1 aliphatic rings. The molecule has 0 aliphatic carbocycles. The maximum Gasteiger partial charge on any atom is 0.330 e. The van der Waals surface area contributed by atoms with Crippen molar-refractivity contribution in [3.63, 3.8) is 0 Å². The summed E-state index contributed by atoms with van der Waals surface area (Å²) in [6.07, 6.45) is -4.44. The molecule has 1 aromatic heterocycles. The van der Waals surface area contributed by atoms with Crippen molar-refractivity contribution < 1.29 is 37.6 Å². The highest BCUT2D eigenvalue weighted by Crippen LogP contribution is 2.49. The molecule has 1 saturated heterocycles. The second kappa shape index (κ2) is 14.1. The lowest BCUT2D eigenvalue weighted by Crippen LogP contribution is -2.42. The molecule has 2 heterocycles. The molecule has 2 rings (SSSR count). The molecule has 40 heavy (non-hydrogen) atoms. The van der Waals surface area contributed by atoms with Crippen molar-refractivity contribution >= 4 is 64.5 Å². The fraction of sp³-hybridized carbons (Fsp3) is 0.727. The van der Waals surface area contributed by atoms with Crippen LogP contribution in [0.2, 0.25) is 0 Å². The predicted octanol–water partition coefficient (Wildman–Crippen LogP) is 2.60. The molecule has 0 radical (unpaired) electrons. The van der Waals surface area contributed by atoms with Crippen LogP contribution in [0.25, 0.3) is 0 Å². The minimum absolute atomic E-state index is 0.0274. The molecule has 0 saturated carbocycles. The highest BCUT2D eigenvalue weighted by atomic mass is 35.5. The maximum absolute atomic E-state index is 13.9. The first-order chi connectivity index (χ1) is 18.3. The van der Waals surface area contributed by atoms with Gasteiger partial charge in [-0.15, -0.1) is 0 Å². The molecule has 3 N–H and O–H groups in total. The summed E-state index contributed by atoms with van der Waals surface area (Å²) in [6.45, 7) is 6.18. The molecule has 18 heteroatoms. The number of hydrogen-bond acceptors (Lipinski definition) is 11. The van der Waals surface area contributed by atoms with E-state index < -0.39 is 76.6 Å². The summed E-state index contributed by atoms with van der Waals surface area (Å²) >= 11 is 19.2. The molecular weight excluding hydrogens is 635 g/mol. The van der Waals surface area contributed by atoms with Crippen LogP contribution in [0.15, 0.2) is 15.8 Å². The Labute approximate surface area is 249 Å². The second-order valence-electron chi connectivity index (χ2n) is 10.1. The van der Waals surface area contributed by atoms with E-state index in [1.54, 1.807) is 39.6 Å². The molecular formula is C22H33Cl2FN3O9PS2. The fourth-order valence-electron chi connectivity index (χ4n) is 3.16. The Kier molecular flexibility index (Phi) is 12.4. The van der Waals surface area contributed by atoms with Gasteiger partial charge in [0.25, 0.3) is 12.2 Å². The van der Waals surface area contributed by atoms with E-state index in [1.165, 1.54) is 6.92 Å². The molecule has 1 fully saturated rings. The number of nitrogens with zero attached hydrogens (tertiary/aromatic N) is 1. The third-order valence-electron chi connectivity index (χ3n) is 5.21. The van der Waals surface area contributed by atoms with Gasteiger partial charge in [0.05, 0.1) is 25.5 Å². The average molecular weight is 669 g/mol. The van der Waals surface area contributed by atoms with E-state index in [9.17, 15) is 28.7 Å². The highest BCUT2D eigenvalue weighted by Gasteiger charge is 2.56. The van der Waals surface area contributed by atoms with E-state index >= 15 is 0 Å². The third-order valence-corrected chi connectivity index (χ3v) is 9.94. The molecule has 0 aromatic carbocycles. The molecule has 12 nitrogen and oxygen atoms in total. The molecule has 0 spiro atoms. The van der Waals surface area contributed by atoms with Gasteiger partial charge < -0.3 is 23.6 Å². The number of aromatic nitrogens is 2. The number of hydrogen-bond donors (Lipinski definition) is 3. The van der Waals surface area contributed by atoms with E-state index in [0.717, 1.165) is 11.8 Å². The Morgan fingerprint density at radius 3 is 2.52 bits per heavy atom. The Balaban J connectivity index is 2.19. The summed E-state index contributed by atoms with van der Waals surface area (Å²) in [5.41, 5.74) is -2.90. The molecule has 5 atom stereocenters. The van der Waals surface area contributed by atoms with E-state index in [2.05, 4.69) is 5.09 Å². The van der Waals surface area contributed by atoms with Crippen molar-refractivity contribution in [1.29, 1.82) is 0 Å². The maximum atomic E-state index is 13.9. The first-order valence-electron chi connectivity index (χ1n) is 12.1. The monoisotopic (exact) mass is 667 g/mol. The van der Waals surface area contributed by atoms with Crippen LogP contribution in [-0.4, -0.2) is 73.4 Å². The van der Waals surface area contributed by atoms with Crippen LogP contribution in [0, 0.1) is 11.2 Å². The lowest BCUT2D eigenvalue weighted by Gasteiger charge is -2.28. The van der Waals surface area contributed by atoms with Gasteiger partial charge in [0.15, 0.2) is 15.7 Å². The van der Waals surface area contributed by atoms with Crippen molar-refractivity contribution in [3.05, 3.63) is 32.9 Å². The Hall–Kier alpha value is -0.870. The van der Waals surface area contributed by atoms with Crippen molar-refractivity contribution in [1.82, 2.24) is 14.6 Å². The molecule has 0 bridgehead atoms. The number of H-pyrrole nitrogens is 1. The predicted molar refractivity (Wildman–Crippen MR) is 153 cm³/mol. The lowest BCUT2D eigenvalue weighted by atomic mass is 10.00. The van der Waals surface area contributed by atoms with E-state index in [4.69, 9.17) is 53.5 Å². The van der Waals surface area contributed by atoms with Gasteiger partial charge in [-0.05, 0) is 32.6 Å². The highest BCUT2D eigenvalue weighted by molar-refractivity contribution is 8.13. The zero-order chi connectivity index (χ0) is 30.6. The summed E-state index contributed by atoms with van der Waals surface area (Å²) in [6, 6.07) is -0.956. The van der Waals surface area contributed by atoms with Crippen LogP contribution in [0.4, 0.5) is 4.39 Å². The number of aromatic amines is 1. The second-order valence-corrected chi connectivity index (χ2v) is 15.9. The number of thioether (sulfide) groups is 1. The van der Waals surface area contributed by atoms with Gasteiger partial charge in [-0.1, -0.05) is 55.7 Å². The van der Waals surface area contributed by atoms with Gasteiger partial charge in [-0.3, -0.25) is 23.9 Å². The topological polar surface area (TPSA) is 158 Å². The fourth-order valence-corrected chi connectivity index (χ4v) is 7.02. The van der Waals surface area contributed by atoms with Crippen molar-refractivity contribution in [3.8, 4) is 0 Å². The van der Waals surface area contributed by atoms with Crippen LogP contribution >= 0.6 is 41.6 Å².